The number of benzene rings is 2. The van der Waals surface area contributed by atoms with E-state index in [0.717, 1.165) is 116 Å². The maximum Gasteiger partial charge on any atom is 0.228 e. The van der Waals surface area contributed by atoms with E-state index in [1.54, 1.807) is 0 Å². The molecule has 6 rings (SSSR count). The van der Waals surface area contributed by atoms with Gasteiger partial charge in [-0.05, 0) is 55.4 Å². The molecule has 0 spiro atoms. The van der Waals surface area contributed by atoms with Crippen LogP contribution in [0.15, 0.2) is 24.3 Å². The molecule has 0 bridgehead atoms. The van der Waals surface area contributed by atoms with Gasteiger partial charge in [-0.15, -0.1) is 11.3 Å². The highest BCUT2D eigenvalue weighted by Gasteiger charge is 2.32. The van der Waals surface area contributed by atoms with Gasteiger partial charge >= 0.3 is 0 Å². The van der Waals surface area contributed by atoms with Crippen molar-refractivity contribution >= 4 is 45.6 Å². The maximum absolute atomic E-state index is 5.84. The van der Waals surface area contributed by atoms with E-state index in [1.807, 2.05) is 11.3 Å². The third-order valence-electron chi connectivity index (χ3n) is 9.41. The Morgan fingerprint density at radius 2 is 1.56 bits per heavy atom. The van der Waals surface area contributed by atoms with Crippen LogP contribution in [0.5, 0.6) is 0 Å². The predicted molar refractivity (Wildman–Crippen MR) is 183 cm³/mol. The molecule has 0 radical (unpaired) electrons. The van der Waals surface area contributed by atoms with Crippen LogP contribution in [0.3, 0.4) is 0 Å². The van der Waals surface area contributed by atoms with Gasteiger partial charge < -0.3 is 24.0 Å². The summed E-state index contributed by atoms with van der Waals surface area (Å²) < 4.78 is 21.2. The summed E-state index contributed by atoms with van der Waals surface area (Å²) in [5, 5.41) is 1.39. The first kappa shape index (κ1) is 31.1. The van der Waals surface area contributed by atoms with Crippen molar-refractivity contribution in [1.29, 1.82) is 0 Å². The quantitative estimate of drug-likeness (QED) is 0.208. The van der Waals surface area contributed by atoms with Crippen LogP contribution in [0.1, 0.15) is 52.5 Å². The van der Waals surface area contributed by atoms with E-state index in [0.29, 0.717) is 0 Å². The second kappa shape index (κ2) is 13.2. The molecule has 3 saturated heterocycles. The molecule has 1 aliphatic carbocycles. The van der Waals surface area contributed by atoms with Crippen LogP contribution in [-0.2, 0) is 20.6 Å². The number of anilines is 2. The van der Waals surface area contributed by atoms with Gasteiger partial charge in [-0.25, -0.2) is 9.56 Å². The lowest BCUT2D eigenvalue weighted by Gasteiger charge is -2.34. The van der Waals surface area contributed by atoms with E-state index in [9.17, 15) is 0 Å². The molecule has 9 heteroatoms. The van der Waals surface area contributed by atoms with Crippen LogP contribution in [0, 0.1) is 5.41 Å². The number of nitrogens with zero attached hydrogens (tertiary/aromatic N) is 4. The van der Waals surface area contributed by atoms with Gasteiger partial charge in [0.25, 0.3) is 0 Å². The van der Waals surface area contributed by atoms with E-state index in [2.05, 4.69) is 66.3 Å². The predicted octanol–water partition coefficient (Wildman–Crippen LogP) is 5.32. The molecule has 234 valence electrons. The first-order chi connectivity index (χ1) is 20.7. The van der Waals surface area contributed by atoms with Crippen molar-refractivity contribution < 1.29 is 14.2 Å². The summed E-state index contributed by atoms with van der Waals surface area (Å²) >= 11 is 6.91. The van der Waals surface area contributed by atoms with E-state index in [1.165, 1.54) is 31.9 Å². The summed E-state index contributed by atoms with van der Waals surface area (Å²) in [6, 6.07) is 9.19. The van der Waals surface area contributed by atoms with Gasteiger partial charge in [0.15, 0.2) is 13.1 Å². The molecule has 0 N–H and O–H groups in total. The second-order valence-corrected chi connectivity index (χ2v) is 15.6. The van der Waals surface area contributed by atoms with Crippen LogP contribution >= 0.6 is 24.0 Å². The molecule has 3 fully saturated rings. The van der Waals surface area contributed by atoms with E-state index in [-0.39, 0.29) is 10.2 Å². The van der Waals surface area contributed by atoms with Crippen LogP contribution in [0.25, 0.3) is 20.8 Å². The van der Waals surface area contributed by atoms with Crippen LogP contribution in [0.4, 0.5) is 11.4 Å². The lowest BCUT2D eigenvalue weighted by Crippen LogP contribution is -2.47. The molecule has 4 aliphatic heterocycles. The third-order valence-corrected chi connectivity index (χ3v) is 11.0. The monoisotopic (exact) mass is 625 g/mol. The van der Waals surface area contributed by atoms with Gasteiger partial charge in [0.05, 0.1) is 47.2 Å². The maximum atomic E-state index is 5.84. The van der Waals surface area contributed by atoms with Crippen LogP contribution < -0.4 is 19.7 Å². The minimum absolute atomic E-state index is 0.0428. The number of rotatable bonds is 8. The summed E-state index contributed by atoms with van der Waals surface area (Å²) in [4.78, 5) is 11.6. The minimum Gasteiger partial charge on any atom is -0.378 e. The zero-order valence-corrected chi connectivity index (χ0v) is 28.2. The highest BCUT2D eigenvalue weighted by Crippen LogP contribution is 2.41. The van der Waals surface area contributed by atoms with Crippen LogP contribution in [-0.4, -0.2) is 88.6 Å². The smallest absolute Gasteiger partial charge is 0.228 e. The highest BCUT2D eigenvalue weighted by atomic mass is 32.1. The molecule has 5 aliphatic rings. The van der Waals surface area contributed by atoms with Crippen molar-refractivity contribution in [1.82, 2.24) is 9.56 Å². The molecule has 4 heterocycles. The van der Waals surface area contributed by atoms with Gasteiger partial charge in [0.2, 0.25) is 5.36 Å². The standard InChI is InChI=1S/C34H48N4O3S2/c1-5-34(4,42)24-33(2,3)9-8-25-22-28-32(31(38-14-20-41-21-15-38)30(25)37-12-18-40-19-13-37)43-29-23-26(6-7-27(29)35-28)36-10-16-39-17-11-36/h6-7,22-23H,5,8-21,24H2,1-4H3/p+1. The Labute approximate surface area is 266 Å². The Balaban J connectivity index is 1.51. The Bertz CT molecular complexity index is 1450. The molecule has 7 nitrogen and oxygen atoms in total. The largest absolute Gasteiger partial charge is 0.378 e. The zero-order chi connectivity index (χ0) is 30.0. The normalized spacial score (nSPS) is 20.2. The van der Waals surface area contributed by atoms with Crippen molar-refractivity contribution in [3.8, 4) is 10.6 Å². The van der Waals surface area contributed by atoms with Gasteiger partial charge in [-0.3, -0.25) is 0 Å². The van der Waals surface area contributed by atoms with Gasteiger partial charge in [-0.1, -0.05) is 27.7 Å². The number of aromatic nitrogens is 1. The third kappa shape index (κ3) is 7.17. The van der Waals surface area contributed by atoms with Crippen molar-refractivity contribution in [3.05, 3.63) is 35.2 Å². The molecule has 0 aromatic heterocycles. The average Bonchev–Trinajstić information content (AvgIpc) is 3.02. The van der Waals surface area contributed by atoms with Crippen LogP contribution in [0.2, 0.25) is 0 Å². The molecule has 0 saturated carbocycles. The summed E-state index contributed by atoms with van der Waals surface area (Å²) in [6.07, 6.45) is 4.28. The van der Waals surface area contributed by atoms with Gasteiger partial charge in [0.1, 0.15) is 18.9 Å². The summed E-state index contributed by atoms with van der Waals surface area (Å²) in [5.41, 5.74) is 6.37. The summed E-state index contributed by atoms with van der Waals surface area (Å²) in [6.45, 7) is 19.5. The molecular formula is C34H49N4O3S2+. The summed E-state index contributed by atoms with van der Waals surface area (Å²) in [7, 11) is 0. The minimum atomic E-state index is 0.0428. The molecule has 1 unspecified atom stereocenters. The zero-order valence-electron chi connectivity index (χ0n) is 26.5. The fraction of sp³-hybridized carbons (Fsp3) is 0.647. The lowest BCUT2D eigenvalue weighted by molar-refractivity contribution is 0.0962. The van der Waals surface area contributed by atoms with Crippen molar-refractivity contribution in [3.63, 3.8) is 0 Å². The molecule has 43 heavy (non-hydrogen) atoms. The first-order valence-electron chi connectivity index (χ1n) is 16.2. The topological polar surface area (TPSA) is 50.1 Å². The number of fused-ring (bicyclic) bond motifs is 2. The Morgan fingerprint density at radius 1 is 0.907 bits per heavy atom. The molecular weight excluding hydrogens is 577 g/mol. The Hall–Kier alpha value is -1.91. The van der Waals surface area contributed by atoms with E-state index in [4.69, 9.17) is 31.8 Å². The van der Waals surface area contributed by atoms with E-state index >= 15 is 0 Å². The number of aryl methyl sites for hydroxylation is 1. The molecule has 1 aromatic carbocycles. The summed E-state index contributed by atoms with van der Waals surface area (Å²) in [5.74, 6) is 0. The highest BCUT2D eigenvalue weighted by molar-refractivity contribution is 7.81. The molecule has 1 aromatic rings. The van der Waals surface area contributed by atoms with Gasteiger partial charge in [-0.2, -0.15) is 12.6 Å². The van der Waals surface area contributed by atoms with E-state index < -0.39 is 0 Å². The number of hydrogen-bond donors (Lipinski definition) is 1. The number of hydrogen-bond acceptors (Lipinski definition) is 8. The molecule has 1 atom stereocenters. The van der Waals surface area contributed by atoms with Gasteiger partial charge in [0, 0.05) is 42.2 Å². The Morgan fingerprint density at radius 3 is 2.23 bits per heavy atom. The van der Waals surface area contributed by atoms with Crippen molar-refractivity contribution in [2.45, 2.75) is 58.1 Å². The second-order valence-electron chi connectivity index (χ2n) is 13.4. The number of thiol groups is 1. The number of ether oxygens (including phenoxy) is 3. The number of morpholine rings is 3. The Kier molecular flexibility index (Phi) is 9.55. The first-order valence-corrected chi connectivity index (χ1v) is 17.4. The fourth-order valence-electron chi connectivity index (χ4n) is 6.93. The fourth-order valence-corrected chi connectivity index (χ4v) is 8.50. The average molecular weight is 626 g/mol. The van der Waals surface area contributed by atoms with Crippen molar-refractivity contribution in [2.75, 3.05) is 88.7 Å². The molecule has 0 amide bonds. The lowest BCUT2D eigenvalue weighted by atomic mass is 9.77. The van der Waals surface area contributed by atoms with Crippen molar-refractivity contribution in [2.24, 2.45) is 5.41 Å². The SMILES string of the molecule is CCC(C)(S)CC(C)(C)CCc1cc2nc3ccc(N4CCOCC4)cc3sc-2c(N2CCOCC2)c1=[N+]1CCOCC1.